The number of para-hydroxylation sites is 1. The lowest BCUT2D eigenvalue weighted by Crippen LogP contribution is -2.39. The van der Waals surface area contributed by atoms with Crippen molar-refractivity contribution in [1.82, 2.24) is 18.5 Å². The van der Waals surface area contributed by atoms with E-state index < -0.39 is 27.8 Å². The van der Waals surface area contributed by atoms with Gasteiger partial charge in [0, 0.05) is 44.3 Å². The normalized spacial score (nSPS) is 12.2. The van der Waals surface area contributed by atoms with E-state index in [1.807, 2.05) is 13.8 Å². The van der Waals surface area contributed by atoms with Gasteiger partial charge in [-0.25, -0.2) is 8.36 Å². The second kappa shape index (κ2) is 12.8. The Morgan fingerprint density at radius 3 is 2.18 bits per heavy atom. The number of fused-ring (bicyclic) bond motifs is 1. The van der Waals surface area contributed by atoms with Crippen molar-refractivity contribution in [3.8, 4) is 0 Å². The fourth-order valence-corrected chi connectivity index (χ4v) is 4.99. The average Bonchev–Trinajstić information content (AvgIpc) is 3.27. The summed E-state index contributed by atoms with van der Waals surface area (Å²) in [6.45, 7) is 5.05. The Labute approximate surface area is 223 Å². The van der Waals surface area contributed by atoms with Gasteiger partial charge in [0.05, 0.1) is 11.1 Å². The zero-order valence-corrected chi connectivity index (χ0v) is 23.1. The minimum atomic E-state index is -3.86. The van der Waals surface area contributed by atoms with Crippen LogP contribution in [0.5, 0.6) is 0 Å². The first-order valence-corrected chi connectivity index (χ1v) is 14.1. The number of benzene rings is 2. The summed E-state index contributed by atoms with van der Waals surface area (Å²) in [4.78, 5) is 28.5. The Morgan fingerprint density at radius 1 is 0.974 bits per heavy atom. The molecule has 204 valence electrons. The van der Waals surface area contributed by atoms with E-state index in [0.717, 1.165) is 34.0 Å². The molecular weight excluding hydrogens is 507 g/mol. The molecule has 0 unspecified atom stereocenters. The number of halogens is 1. The van der Waals surface area contributed by atoms with E-state index in [4.69, 9.17) is 0 Å². The highest BCUT2D eigenvalue weighted by Crippen LogP contribution is 2.26. The maximum absolute atomic E-state index is 14.4. The third kappa shape index (κ3) is 6.49. The molecule has 0 fully saturated rings. The number of hydrogen-bond acceptors (Lipinski definition) is 4. The second-order valence-electron chi connectivity index (χ2n) is 9.18. The van der Waals surface area contributed by atoms with E-state index in [-0.39, 0.29) is 11.3 Å². The predicted molar refractivity (Wildman–Crippen MR) is 148 cm³/mol. The van der Waals surface area contributed by atoms with Gasteiger partial charge < -0.3 is 10.2 Å². The molecule has 2 amide bonds. The molecule has 0 aliphatic rings. The summed E-state index contributed by atoms with van der Waals surface area (Å²) in [7, 11) is -0.996. The summed E-state index contributed by atoms with van der Waals surface area (Å²) < 4.78 is 42.6. The molecule has 1 heterocycles. The molecule has 8 nitrogen and oxygen atoms in total. The van der Waals surface area contributed by atoms with Crippen molar-refractivity contribution in [2.75, 3.05) is 27.2 Å². The van der Waals surface area contributed by atoms with Crippen LogP contribution in [0.4, 0.5) is 4.39 Å². The first-order chi connectivity index (χ1) is 18.1. The van der Waals surface area contributed by atoms with Crippen LogP contribution >= 0.6 is 0 Å². The van der Waals surface area contributed by atoms with E-state index in [9.17, 15) is 22.4 Å². The molecule has 0 saturated carbocycles. The molecule has 3 rings (SSSR count). The zero-order chi connectivity index (χ0) is 27.9. The van der Waals surface area contributed by atoms with Crippen LogP contribution in [0, 0.1) is 5.82 Å². The summed E-state index contributed by atoms with van der Waals surface area (Å²) in [6, 6.07) is 12.4. The summed E-state index contributed by atoms with van der Waals surface area (Å²) in [5.74, 6) is -1.89. The van der Waals surface area contributed by atoms with Gasteiger partial charge in [0.2, 0.25) is 0 Å². The lowest BCUT2D eigenvalue weighted by Gasteiger charge is -2.24. The minimum absolute atomic E-state index is 0.0596. The van der Waals surface area contributed by atoms with E-state index in [1.165, 1.54) is 50.6 Å². The molecule has 38 heavy (non-hydrogen) atoms. The van der Waals surface area contributed by atoms with E-state index in [0.29, 0.717) is 29.6 Å². The van der Waals surface area contributed by atoms with Gasteiger partial charge in [-0.05, 0) is 37.1 Å². The van der Waals surface area contributed by atoms with Crippen molar-refractivity contribution >= 4 is 39.0 Å². The maximum Gasteiger partial charge on any atom is 0.307 e. The van der Waals surface area contributed by atoms with Crippen molar-refractivity contribution in [2.45, 2.75) is 39.5 Å². The fourth-order valence-electron chi connectivity index (χ4n) is 3.98. The number of rotatable bonds is 12. The van der Waals surface area contributed by atoms with Crippen LogP contribution in [-0.2, 0) is 15.0 Å². The monoisotopic (exact) mass is 542 g/mol. The fraction of sp³-hybridized carbons (Fsp3) is 0.357. The number of carbonyl (C=O) groups excluding carboxylic acids is 2. The number of amides is 2. The Kier molecular flexibility index (Phi) is 9.82. The van der Waals surface area contributed by atoms with Crippen LogP contribution in [0.1, 0.15) is 55.5 Å². The number of hydrogen-bond donors (Lipinski definition) is 1. The molecule has 1 N–H and O–H groups in total. The third-order valence-corrected chi connectivity index (χ3v) is 7.89. The van der Waals surface area contributed by atoms with E-state index in [1.54, 1.807) is 29.2 Å². The summed E-state index contributed by atoms with van der Waals surface area (Å²) >= 11 is 0. The van der Waals surface area contributed by atoms with Crippen LogP contribution < -0.4 is 5.32 Å². The van der Waals surface area contributed by atoms with Gasteiger partial charge in [-0.1, -0.05) is 57.0 Å². The lowest BCUT2D eigenvalue weighted by atomic mass is 10.1. The van der Waals surface area contributed by atoms with Crippen LogP contribution in [-0.4, -0.2) is 60.6 Å². The van der Waals surface area contributed by atoms with Crippen LogP contribution in [0.2, 0.25) is 0 Å². The van der Waals surface area contributed by atoms with E-state index >= 15 is 0 Å². The molecule has 0 spiro atoms. The molecular formula is C28H35FN4O4S. The first kappa shape index (κ1) is 29.1. The quantitative estimate of drug-likeness (QED) is 0.338. The molecule has 10 heteroatoms. The highest BCUT2D eigenvalue weighted by Gasteiger charge is 2.24. The largest absolute Gasteiger partial charge is 0.337 e. The molecule has 0 aliphatic carbocycles. The highest BCUT2D eigenvalue weighted by molar-refractivity contribution is 7.87. The van der Waals surface area contributed by atoms with Crippen LogP contribution in [0.25, 0.3) is 17.0 Å². The molecule has 0 radical (unpaired) electrons. The number of unbranched alkanes of at least 4 members (excludes halogenated alkanes) is 2. The van der Waals surface area contributed by atoms with Crippen molar-refractivity contribution < 1.29 is 22.4 Å². The van der Waals surface area contributed by atoms with Gasteiger partial charge in [0.1, 0.15) is 11.5 Å². The van der Waals surface area contributed by atoms with E-state index in [2.05, 4.69) is 5.32 Å². The van der Waals surface area contributed by atoms with Gasteiger partial charge >= 0.3 is 10.2 Å². The predicted octanol–water partition coefficient (Wildman–Crippen LogP) is 4.63. The molecule has 2 aromatic carbocycles. The molecule has 0 aliphatic heterocycles. The van der Waals surface area contributed by atoms with Gasteiger partial charge in [-0.15, -0.1) is 0 Å². The van der Waals surface area contributed by atoms with Gasteiger partial charge in [0.15, 0.2) is 0 Å². The Balaban J connectivity index is 2.16. The van der Waals surface area contributed by atoms with Crippen molar-refractivity contribution in [2.24, 2.45) is 0 Å². The van der Waals surface area contributed by atoms with Crippen LogP contribution in [0.3, 0.4) is 0 Å². The summed E-state index contributed by atoms with van der Waals surface area (Å²) in [5, 5.41) is 3.19. The molecule has 0 bridgehead atoms. The third-order valence-electron chi connectivity index (χ3n) is 6.17. The van der Waals surface area contributed by atoms with Crippen molar-refractivity contribution in [3.63, 3.8) is 0 Å². The van der Waals surface area contributed by atoms with Gasteiger partial charge in [-0.2, -0.15) is 12.7 Å². The first-order valence-electron chi connectivity index (χ1n) is 12.7. The Bertz CT molecular complexity index is 1420. The number of carbonyl (C=O) groups is 2. The molecule has 0 atom stereocenters. The second-order valence-corrected chi connectivity index (χ2v) is 11.2. The maximum atomic E-state index is 14.4. The minimum Gasteiger partial charge on any atom is -0.337 e. The lowest BCUT2D eigenvalue weighted by molar-refractivity contribution is -0.127. The standard InChI is InChI=1S/C28H35FN4O4S/c1-5-7-17-32(18-8-6-2)28(35)25(30-27(34)23-14-9-11-15-24(23)29)19-21-20-33(38(36,37)31(3)4)26-16-12-10-13-22(21)26/h9-16,19-20H,5-8,17-18H2,1-4H3,(H,30,34)/b25-19-. The summed E-state index contributed by atoms with van der Waals surface area (Å²) in [5.41, 5.74) is 0.593. The molecule has 3 aromatic rings. The smallest absolute Gasteiger partial charge is 0.307 e. The number of nitrogens with zero attached hydrogens (tertiary/aromatic N) is 3. The van der Waals surface area contributed by atoms with Gasteiger partial charge in [0.25, 0.3) is 11.8 Å². The topological polar surface area (TPSA) is 91.7 Å². The number of aromatic nitrogens is 1. The zero-order valence-electron chi connectivity index (χ0n) is 22.3. The van der Waals surface area contributed by atoms with Gasteiger partial charge in [-0.3, -0.25) is 9.59 Å². The average molecular weight is 543 g/mol. The number of nitrogens with one attached hydrogen (secondary N) is 1. The van der Waals surface area contributed by atoms with Crippen LogP contribution in [0.15, 0.2) is 60.4 Å². The molecule has 1 aromatic heterocycles. The highest BCUT2D eigenvalue weighted by atomic mass is 32.2. The van der Waals surface area contributed by atoms with Crippen molar-refractivity contribution in [3.05, 3.63) is 77.4 Å². The van der Waals surface area contributed by atoms with Crippen molar-refractivity contribution in [1.29, 1.82) is 0 Å². The molecule has 0 saturated heterocycles. The Morgan fingerprint density at radius 2 is 1.58 bits per heavy atom. The summed E-state index contributed by atoms with van der Waals surface area (Å²) in [6.07, 6.45) is 6.22. The SMILES string of the molecule is CCCCN(CCCC)C(=O)/C(=C/c1cn(S(=O)(=O)N(C)C)c2ccccc12)NC(=O)c1ccccc1F. The Hall–Kier alpha value is -3.50.